The summed E-state index contributed by atoms with van der Waals surface area (Å²) in [6, 6.07) is 11.8. The van der Waals surface area contributed by atoms with Crippen LogP contribution in [0.15, 0.2) is 54.7 Å². The van der Waals surface area contributed by atoms with Gasteiger partial charge in [-0.3, -0.25) is 4.79 Å². The molecule has 0 fully saturated rings. The molecule has 0 unspecified atom stereocenters. The Morgan fingerprint density at radius 2 is 1.92 bits per heavy atom. The van der Waals surface area contributed by atoms with E-state index in [1.54, 1.807) is 12.1 Å². The highest BCUT2D eigenvalue weighted by Gasteiger charge is 2.34. The third-order valence-electron chi connectivity index (χ3n) is 4.23. The van der Waals surface area contributed by atoms with Gasteiger partial charge in [-0.25, -0.2) is 0 Å². The second kappa shape index (κ2) is 6.84. The van der Waals surface area contributed by atoms with Crippen LogP contribution in [0.2, 0.25) is 0 Å². The van der Waals surface area contributed by atoms with Gasteiger partial charge in [0.15, 0.2) is 0 Å². The zero-order chi connectivity index (χ0) is 18.9. The lowest BCUT2D eigenvalue weighted by atomic mass is 10.1. The van der Waals surface area contributed by atoms with Crippen LogP contribution < -0.4 is 5.32 Å². The average Bonchev–Trinajstić information content (AvgIpc) is 2.99. The molecule has 3 aromatic rings. The molecule has 0 saturated carbocycles. The van der Waals surface area contributed by atoms with Gasteiger partial charge in [0.25, 0.3) is 5.91 Å². The Labute approximate surface area is 147 Å². The first-order valence-electron chi connectivity index (χ1n) is 7.95. The number of fused-ring (bicyclic) bond motifs is 1. The van der Waals surface area contributed by atoms with Crippen molar-refractivity contribution in [1.82, 2.24) is 9.88 Å². The maximum absolute atomic E-state index is 13.0. The molecule has 1 aromatic heterocycles. The number of alkyl halides is 3. The number of halogens is 3. The molecule has 3 rings (SSSR count). The van der Waals surface area contributed by atoms with Crippen molar-refractivity contribution in [2.75, 3.05) is 6.54 Å². The second-order valence-electron chi connectivity index (χ2n) is 6.01. The van der Waals surface area contributed by atoms with Crippen LogP contribution in [0.4, 0.5) is 13.2 Å². The van der Waals surface area contributed by atoms with Crippen LogP contribution in [0.25, 0.3) is 10.9 Å². The molecule has 1 heterocycles. The van der Waals surface area contributed by atoms with E-state index in [0.29, 0.717) is 5.56 Å². The van der Waals surface area contributed by atoms with Crippen molar-refractivity contribution >= 4 is 16.8 Å². The summed E-state index contributed by atoms with van der Waals surface area (Å²) in [5, 5.41) is 13.6. The predicted octanol–water partition coefficient (Wildman–Crippen LogP) is 3.66. The first kappa shape index (κ1) is 18.0. The minimum atomic E-state index is -4.62. The van der Waals surface area contributed by atoms with Gasteiger partial charge in [-0.05, 0) is 41.3 Å². The quantitative estimate of drug-likeness (QED) is 0.744. The monoisotopic (exact) mass is 362 g/mol. The van der Waals surface area contributed by atoms with E-state index in [1.807, 2.05) is 29.9 Å². The number of amides is 1. The van der Waals surface area contributed by atoms with Crippen molar-refractivity contribution in [1.29, 1.82) is 0 Å². The Morgan fingerprint density at radius 3 is 2.65 bits per heavy atom. The molecule has 0 spiro atoms. The van der Waals surface area contributed by atoms with E-state index in [1.165, 1.54) is 12.1 Å². The molecule has 1 atom stereocenters. The summed E-state index contributed by atoms with van der Waals surface area (Å²) >= 11 is 0. The third-order valence-corrected chi connectivity index (χ3v) is 4.23. The van der Waals surface area contributed by atoms with Crippen molar-refractivity contribution < 1.29 is 23.1 Å². The van der Waals surface area contributed by atoms with Crippen LogP contribution in [-0.2, 0) is 13.2 Å². The van der Waals surface area contributed by atoms with Gasteiger partial charge in [-0.15, -0.1) is 0 Å². The maximum Gasteiger partial charge on any atom is 0.417 e. The lowest BCUT2D eigenvalue weighted by Crippen LogP contribution is -2.30. The largest absolute Gasteiger partial charge is 0.417 e. The predicted molar refractivity (Wildman–Crippen MR) is 91.7 cm³/mol. The molecular formula is C19H17F3N2O2. The molecule has 0 aliphatic carbocycles. The molecule has 1 amide bonds. The number of aliphatic hydroxyl groups is 1. The number of nitrogens with one attached hydrogen (secondary N) is 1. The van der Waals surface area contributed by atoms with Crippen LogP contribution in [0, 0.1) is 0 Å². The van der Waals surface area contributed by atoms with Crippen LogP contribution in [0.5, 0.6) is 0 Å². The molecule has 2 N–H and O–H groups in total. The van der Waals surface area contributed by atoms with Crippen molar-refractivity contribution in [2.45, 2.75) is 12.3 Å². The Hall–Kier alpha value is -2.80. The highest BCUT2D eigenvalue weighted by atomic mass is 19.4. The number of benzene rings is 2. The summed E-state index contributed by atoms with van der Waals surface area (Å²) in [6.45, 7) is -0.191. The summed E-state index contributed by atoms with van der Waals surface area (Å²) in [5.74, 6) is -0.877. The Bertz CT molecular complexity index is 947. The molecular weight excluding hydrogens is 345 g/mol. The van der Waals surface area contributed by atoms with E-state index in [4.69, 9.17) is 0 Å². The lowest BCUT2D eigenvalue weighted by Gasteiger charge is -2.15. The van der Waals surface area contributed by atoms with Crippen molar-refractivity contribution in [3.63, 3.8) is 0 Å². The van der Waals surface area contributed by atoms with E-state index in [-0.39, 0.29) is 6.54 Å². The second-order valence-corrected chi connectivity index (χ2v) is 6.01. The molecule has 0 bridgehead atoms. The maximum atomic E-state index is 13.0. The van der Waals surface area contributed by atoms with Gasteiger partial charge >= 0.3 is 6.18 Å². The van der Waals surface area contributed by atoms with Gasteiger partial charge < -0.3 is 15.0 Å². The number of hydrogen-bond acceptors (Lipinski definition) is 2. The molecule has 2 aromatic carbocycles. The Kier molecular flexibility index (Phi) is 4.73. The average molecular weight is 362 g/mol. The minimum Gasteiger partial charge on any atom is -0.387 e. The summed E-state index contributed by atoms with van der Waals surface area (Å²) in [7, 11) is 1.90. The van der Waals surface area contributed by atoms with Crippen molar-refractivity contribution in [3.05, 3.63) is 71.4 Å². The summed E-state index contributed by atoms with van der Waals surface area (Å²) in [5.41, 5.74) is 0.0978. The van der Waals surface area contributed by atoms with Crippen molar-refractivity contribution in [3.8, 4) is 0 Å². The number of carbonyl (C=O) groups excluding carboxylic acids is 1. The SMILES string of the molecule is Cn1ccc2cc([C@@H](O)CNC(=O)c3ccccc3C(F)(F)F)ccc21. The van der Waals surface area contributed by atoms with Crippen molar-refractivity contribution in [2.24, 2.45) is 7.05 Å². The zero-order valence-electron chi connectivity index (χ0n) is 13.9. The highest BCUT2D eigenvalue weighted by molar-refractivity contribution is 5.95. The topological polar surface area (TPSA) is 54.3 Å². The van der Waals surface area contributed by atoms with E-state index >= 15 is 0 Å². The van der Waals surface area contributed by atoms with E-state index in [9.17, 15) is 23.1 Å². The van der Waals surface area contributed by atoms with Crippen LogP contribution in [0.3, 0.4) is 0 Å². The number of carbonyl (C=O) groups is 1. The fourth-order valence-electron chi connectivity index (χ4n) is 2.84. The standard InChI is InChI=1S/C19H17F3N2O2/c1-24-9-8-12-10-13(6-7-16(12)24)17(25)11-23-18(26)14-4-2-3-5-15(14)19(20,21)22/h2-10,17,25H,11H2,1H3,(H,23,26)/t17-/m0/s1. The summed E-state index contributed by atoms with van der Waals surface area (Å²) in [4.78, 5) is 12.1. The highest BCUT2D eigenvalue weighted by Crippen LogP contribution is 2.31. The number of nitrogens with zero attached hydrogens (tertiary/aromatic N) is 1. The number of aromatic nitrogens is 1. The molecule has 0 saturated heterocycles. The fourth-order valence-corrected chi connectivity index (χ4v) is 2.84. The van der Waals surface area contributed by atoms with Gasteiger partial charge in [-0.1, -0.05) is 18.2 Å². The normalized spacial score (nSPS) is 13.0. The van der Waals surface area contributed by atoms with E-state index in [0.717, 1.165) is 23.0 Å². The van der Waals surface area contributed by atoms with Crippen LogP contribution in [-0.4, -0.2) is 22.1 Å². The molecule has 26 heavy (non-hydrogen) atoms. The number of aryl methyl sites for hydroxylation is 1. The van der Waals surface area contributed by atoms with Gasteiger partial charge in [0.2, 0.25) is 0 Å². The first-order valence-corrected chi connectivity index (χ1v) is 7.95. The first-order chi connectivity index (χ1) is 12.3. The summed E-state index contributed by atoms with van der Waals surface area (Å²) < 4.78 is 40.9. The lowest BCUT2D eigenvalue weighted by molar-refractivity contribution is -0.137. The number of rotatable bonds is 4. The smallest absolute Gasteiger partial charge is 0.387 e. The zero-order valence-corrected chi connectivity index (χ0v) is 13.9. The summed E-state index contributed by atoms with van der Waals surface area (Å²) in [6.07, 6.45) is -3.76. The molecule has 7 heteroatoms. The minimum absolute atomic E-state index is 0.191. The van der Waals surface area contributed by atoms with Gasteiger partial charge in [0, 0.05) is 25.3 Å². The third kappa shape index (κ3) is 3.57. The Balaban J connectivity index is 1.73. The van der Waals surface area contributed by atoms with E-state index < -0.39 is 29.3 Å². The Morgan fingerprint density at radius 1 is 1.19 bits per heavy atom. The molecule has 0 radical (unpaired) electrons. The van der Waals surface area contributed by atoms with Gasteiger partial charge in [0.05, 0.1) is 17.2 Å². The number of aliphatic hydroxyl groups excluding tert-OH is 1. The fraction of sp³-hybridized carbons (Fsp3) is 0.211. The molecule has 4 nitrogen and oxygen atoms in total. The van der Waals surface area contributed by atoms with E-state index in [2.05, 4.69) is 5.32 Å². The molecule has 0 aliphatic rings. The van der Waals surface area contributed by atoms with Gasteiger partial charge in [-0.2, -0.15) is 13.2 Å². The number of hydrogen-bond donors (Lipinski definition) is 2. The van der Waals surface area contributed by atoms with Crippen LogP contribution in [0.1, 0.15) is 27.6 Å². The molecule has 0 aliphatic heterocycles. The molecule has 136 valence electrons. The van der Waals surface area contributed by atoms with Gasteiger partial charge in [0.1, 0.15) is 0 Å². The van der Waals surface area contributed by atoms with Crippen LogP contribution >= 0.6 is 0 Å².